The molecule has 5 nitrogen and oxygen atoms in total. The van der Waals surface area contributed by atoms with Crippen molar-refractivity contribution in [1.82, 2.24) is 4.98 Å². The van der Waals surface area contributed by atoms with Gasteiger partial charge in [0.15, 0.2) is 11.5 Å². The Morgan fingerprint density at radius 3 is 2.61 bits per heavy atom. The molecule has 0 saturated carbocycles. The van der Waals surface area contributed by atoms with E-state index in [-0.39, 0.29) is 0 Å². The second kappa shape index (κ2) is 4.34. The minimum Gasteiger partial charge on any atom is -0.490 e. The summed E-state index contributed by atoms with van der Waals surface area (Å²) in [6.45, 7) is 3.32. The van der Waals surface area contributed by atoms with E-state index in [1.54, 1.807) is 0 Å². The lowest BCUT2D eigenvalue weighted by Gasteiger charge is -2.10. The summed E-state index contributed by atoms with van der Waals surface area (Å²) in [5.41, 5.74) is 4.44. The van der Waals surface area contributed by atoms with Crippen molar-refractivity contribution in [3.63, 3.8) is 0 Å². The van der Waals surface area contributed by atoms with Crippen LogP contribution in [-0.2, 0) is 0 Å². The smallest absolute Gasteiger partial charge is 0.163 e. The maximum absolute atomic E-state index is 5.66. The van der Waals surface area contributed by atoms with Crippen molar-refractivity contribution in [2.24, 2.45) is 5.84 Å². The van der Waals surface area contributed by atoms with Gasteiger partial charge in [-0.15, -0.1) is 0 Å². The number of nitrogens with zero attached hydrogens (tertiary/aromatic N) is 1. The first kappa shape index (κ1) is 11.1. The Morgan fingerprint density at radius 2 is 1.89 bits per heavy atom. The molecule has 3 N–H and O–H groups in total. The van der Waals surface area contributed by atoms with Crippen molar-refractivity contribution in [2.45, 2.75) is 13.3 Å². The third kappa shape index (κ3) is 1.82. The third-order valence-corrected chi connectivity index (χ3v) is 3.01. The molecular formula is C13H15N3O2. The molecule has 1 aliphatic rings. The Balaban J connectivity index is 2.19. The maximum Gasteiger partial charge on any atom is 0.163 e. The van der Waals surface area contributed by atoms with Gasteiger partial charge in [-0.1, -0.05) is 0 Å². The molecular weight excluding hydrogens is 230 g/mol. The van der Waals surface area contributed by atoms with Crippen LogP contribution in [0.1, 0.15) is 12.0 Å². The van der Waals surface area contributed by atoms with Gasteiger partial charge in [0.25, 0.3) is 0 Å². The summed E-state index contributed by atoms with van der Waals surface area (Å²) in [5, 5.41) is 1.02. The summed E-state index contributed by atoms with van der Waals surface area (Å²) in [6, 6.07) is 5.90. The standard InChI is InChI=1S/C13H15N3O2/c1-8-5-9-6-11-12(18-4-2-3-17-11)7-10(9)15-13(8)16-14/h5-7H,2-4,14H2,1H3,(H,15,16). The SMILES string of the molecule is Cc1cc2cc3c(cc2nc1NN)OCCCO3. The van der Waals surface area contributed by atoms with Crippen molar-refractivity contribution in [3.05, 3.63) is 23.8 Å². The van der Waals surface area contributed by atoms with E-state index in [1.165, 1.54) is 0 Å². The number of aromatic nitrogens is 1. The highest BCUT2D eigenvalue weighted by atomic mass is 16.5. The maximum atomic E-state index is 5.66. The molecule has 0 atom stereocenters. The van der Waals surface area contributed by atoms with Crippen LogP contribution in [0.4, 0.5) is 5.82 Å². The molecule has 1 aromatic heterocycles. The molecule has 3 rings (SSSR count). The normalized spacial score (nSPS) is 14.3. The second-order valence-corrected chi connectivity index (χ2v) is 4.34. The molecule has 0 bridgehead atoms. The lowest BCUT2D eigenvalue weighted by atomic mass is 10.1. The first-order chi connectivity index (χ1) is 8.78. The highest BCUT2D eigenvalue weighted by Gasteiger charge is 2.13. The van der Waals surface area contributed by atoms with E-state index in [0.29, 0.717) is 19.0 Å². The second-order valence-electron chi connectivity index (χ2n) is 4.34. The molecule has 0 unspecified atom stereocenters. The van der Waals surface area contributed by atoms with Gasteiger partial charge in [-0.2, -0.15) is 0 Å². The van der Waals surface area contributed by atoms with E-state index in [1.807, 2.05) is 25.1 Å². The predicted octanol–water partition coefficient (Wildman–Crippen LogP) is 1.99. The molecule has 1 aliphatic heterocycles. The van der Waals surface area contributed by atoms with Gasteiger partial charge in [0.1, 0.15) is 5.82 Å². The van der Waals surface area contributed by atoms with Crippen LogP contribution in [0.25, 0.3) is 10.9 Å². The summed E-state index contributed by atoms with van der Waals surface area (Å²) in [5.74, 6) is 7.65. The molecule has 2 aromatic rings. The van der Waals surface area contributed by atoms with E-state index < -0.39 is 0 Å². The Labute approximate surface area is 105 Å². The summed E-state index contributed by atoms with van der Waals surface area (Å²) >= 11 is 0. The average molecular weight is 245 g/mol. The van der Waals surface area contributed by atoms with Crippen LogP contribution in [-0.4, -0.2) is 18.2 Å². The zero-order valence-electron chi connectivity index (χ0n) is 10.2. The first-order valence-electron chi connectivity index (χ1n) is 5.95. The van der Waals surface area contributed by atoms with E-state index >= 15 is 0 Å². The lowest BCUT2D eigenvalue weighted by Crippen LogP contribution is -2.10. The number of hydrazine groups is 1. The first-order valence-corrected chi connectivity index (χ1v) is 5.95. The number of nitrogen functional groups attached to an aromatic ring is 1. The zero-order valence-corrected chi connectivity index (χ0v) is 10.2. The molecule has 0 amide bonds. The fourth-order valence-corrected chi connectivity index (χ4v) is 2.08. The number of benzene rings is 1. The number of ether oxygens (including phenoxy) is 2. The highest BCUT2D eigenvalue weighted by molar-refractivity contribution is 5.85. The van der Waals surface area contributed by atoms with Crippen LogP contribution < -0.4 is 20.7 Å². The van der Waals surface area contributed by atoms with Crippen LogP contribution in [0, 0.1) is 6.92 Å². The fourth-order valence-electron chi connectivity index (χ4n) is 2.08. The van der Waals surface area contributed by atoms with E-state index in [4.69, 9.17) is 15.3 Å². The molecule has 0 aliphatic carbocycles. The molecule has 5 heteroatoms. The number of hydrogen-bond donors (Lipinski definition) is 2. The van der Waals surface area contributed by atoms with Crippen LogP contribution in [0.2, 0.25) is 0 Å². The number of rotatable bonds is 1. The Morgan fingerprint density at radius 1 is 1.17 bits per heavy atom. The van der Waals surface area contributed by atoms with Gasteiger partial charge < -0.3 is 14.9 Å². The third-order valence-electron chi connectivity index (χ3n) is 3.01. The van der Waals surface area contributed by atoms with Gasteiger partial charge in [-0.3, -0.25) is 0 Å². The van der Waals surface area contributed by atoms with Crippen LogP contribution in [0.15, 0.2) is 18.2 Å². The molecule has 94 valence electrons. The molecule has 1 aromatic carbocycles. The number of anilines is 1. The van der Waals surface area contributed by atoms with E-state index in [2.05, 4.69) is 10.4 Å². The number of hydrogen-bond acceptors (Lipinski definition) is 5. The summed E-state index contributed by atoms with van der Waals surface area (Å²) < 4.78 is 11.3. The van der Waals surface area contributed by atoms with Crippen molar-refractivity contribution >= 4 is 16.7 Å². The van der Waals surface area contributed by atoms with Gasteiger partial charge >= 0.3 is 0 Å². The molecule has 0 radical (unpaired) electrons. The van der Waals surface area contributed by atoms with Gasteiger partial charge in [0, 0.05) is 17.9 Å². The monoisotopic (exact) mass is 245 g/mol. The van der Waals surface area contributed by atoms with Crippen LogP contribution in [0.3, 0.4) is 0 Å². The van der Waals surface area contributed by atoms with Gasteiger partial charge in [0.2, 0.25) is 0 Å². The quantitative estimate of drug-likeness (QED) is 0.594. The van der Waals surface area contributed by atoms with Crippen molar-refractivity contribution in [1.29, 1.82) is 0 Å². The Kier molecular flexibility index (Phi) is 2.68. The largest absolute Gasteiger partial charge is 0.490 e. The molecule has 0 saturated heterocycles. The number of fused-ring (bicyclic) bond motifs is 2. The number of pyridine rings is 1. The van der Waals surface area contributed by atoms with Gasteiger partial charge in [-0.05, 0) is 24.6 Å². The minimum absolute atomic E-state index is 0.673. The fraction of sp³-hybridized carbons (Fsp3) is 0.308. The predicted molar refractivity (Wildman–Crippen MR) is 69.9 cm³/mol. The number of nitrogens with two attached hydrogens (primary N) is 1. The lowest BCUT2D eigenvalue weighted by molar-refractivity contribution is 0.297. The summed E-state index contributed by atoms with van der Waals surface area (Å²) in [6.07, 6.45) is 0.896. The van der Waals surface area contributed by atoms with Crippen molar-refractivity contribution < 1.29 is 9.47 Å². The van der Waals surface area contributed by atoms with Crippen molar-refractivity contribution in [2.75, 3.05) is 18.6 Å². The Hall–Kier alpha value is -2.01. The Bertz CT molecular complexity index is 598. The van der Waals surface area contributed by atoms with Gasteiger partial charge in [-0.25, -0.2) is 10.8 Å². The average Bonchev–Trinajstić information content (AvgIpc) is 2.60. The van der Waals surface area contributed by atoms with Gasteiger partial charge in [0.05, 0.1) is 18.7 Å². The molecule has 0 spiro atoms. The molecule has 0 fully saturated rings. The molecule has 2 heterocycles. The highest BCUT2D eigenvalue weighted by Crippen LogP contribution is 2.34. The van der Waals surface area contributed by atoms with Crippen LogP contribution in [0.5, 0.6) is 11.5 Å². The number of aryl methyl sites for hydroxylation is 1. The minimum atomic E-state index is 0.673. The molecule has 18 heavy (non-hydrogen) atoms. The van der Waals surface area contributed by atoms with Crippen LogP contribution >= 0.6 is 0 Å². The topological polar surface area (TPSA) is 69.4 Å². The number of nitrogens with one attached hydrogen (secondary N) is 1. The van der Waals surface area contributed by atoms with E-state index in [9.17, 15) is 0 Å². The zero-order chi connectivity index (χ0) is 12.5. The summed E-state index contributed by atoms with van der Waals surface area (Å²) in [4.78, 5) is 4.46. The summed E-state index contributed by atoms with van der Waals surface area (Å²) in [7, 11) is 0. The van der Waals surface area contributed by atoms with Crippen molar-refractivity contribution in [3.8, 4) is 11.5 Å². The van der Waals surface area contributed by atoms with E-state index in [0.717, 1.165) is 34.4 Å².